The number of benzene rings is 2. The molecule has 2 amide bonds. The molecule has 0 saturated carbocycles. The van der Waals surface area contributed by atoms with E-state index in [1.807, 2.05) is 65.1 Å². The second-order valence-electron chi connectivity index (χ2n) is 8.29. The fourth-order valence-electron chi connectivity index (χ4n) is 3.95. The minimum absolute atomic E-state index is 0.177. The molecule has 2 heterocycles. The topological polar surface area (TPSA) is 90.0 Å². The summed E-state index contributed by atoms with van der Waals surface area (Å²) in [5.74, 6) is 0.982. The fourth-order valence-corrected chi connectivity index (χ4v) is 4.42. The zero-order valence-electron chi connectivity index (χ0n) is 19.9. The maximum atomic E-state index is 14.1. The molecule has 2 atom stereocenters. The second-order valence-corrected chi connectivity index (χ2v) is 9.31. The van der Waals surface area contributed by atoms with Crippen LogP contribution in [0.3, 0.4) is 0 Å². The van der Waals surface area contributed by atoms with Crippen molar-refractivity contribution >= 4 is 34.4 Å². The first kappa shape index (κ1) is 25.7. The molecule has 9 heteroatoms. The van der Waals surface area contributed by atoms with Crippen molar-refractivity contribution in [3.05, 3.63) is 82.2 Å². The highest BCUT2D eigenvalue weighted by molar-refractivity contribution is 14.1. The Balaban J connectivity index is 1.68. The van der Waals surface area contributed by atoms with E-state index in [-0.39, 0.29) is 12.5 Å². The summed E-state index contributed by atoms with van der Waals surface area (Å²) >= 11 is 2.05. The monoisotopic (exact) mass is 601 g/mol. The minimum atomic E-state index is -1.32. The van der Waals surface area contributed by atoms with Crippen LogP contribution in [-0.4, -0.2) is 47.7 Å². The van der Waals surface area contributed by atoms with Crippen LogP contribution in [0.5, 0.6) is 17.2 Å². The normalized spacial score (nSPS) is 16.3. The van der Waals surface area contributed by atoms with Gasteiger partial charge in [-0.15, -0.1) is 0 Å². The molecule has 8 nitrogen and oxygen atoms in total. The number of nitrogens with zero attached hydrogens (tertiary/aromatic N) is 2. The van der Waals surface area contributed by atoms with Crippen LogP contribution in [0.4, 0.5) is 0 Å². The first-order chi connectivity index (χ1) is 17.5. The van der Waals surface area contributed by atoms with Crippen LogP contribution >= 0.6 is 22.6 Å². The quantitative estimate of drug-likeness (QED) is 0.225. The maximum Gasteiger partial charge on any atom is 0.321 e. The average molecular weight is 601 g/mol. The number of amides is 2. The van der Waals surface area contributed by atoms with Crippen LogP contribution in [-0.2, 0) is 16.1 Å². The molecule has 0 bridgehead atoms. The molecular weight excluding hydrogens is 573 g/mol. The molecule has 0 aliphatic carbocycles. The number of methoxy groups -OCH3 is 1. The largest absolute Gasteiger partial charge is 0.497 e. The number of nitrogens with one attached hydrogen (secondary N) is 1. The Labute approximate surface area is 224 Å². The summed E-state index contributed by atoms with van der Waals surface area (Å²) in [6.07, 6.45) is 2.56. The van der Waals surface area contributed by atoms with Crippen LogP contribution in [0, 0.1) is 3.70 Å². The molecule has 1 aromatic heterocycles. The van der Waals surface area contributed by atoms with Gasteiger partial charge >= 0.3 is 12.2 Å². The van der Waals surface area contributed by atoms with Crippen molar-refractivity contribution in [2.75, 3.05) is 13.7 Å². The van der Waals surface area contributed by atoms with Crippen LogP contribution in [0.2, 0.25) is 0 Å². The Morgan fingerprint density at radius 2 is 1.83 bits per heavy atom. The number of hydrogen-bond acceptors (Lipinski definition) is 6. The first-order valence-corrected chi connectivity index (χ1v) is 12.8. The van der Waals surface area contributed by atoms with E-state index in [1.54, 1.807) is 42.5 Å². The van der Waals surface area contributed by atoms with Gasteiger partial charge in [0.25, 0.3) is 0 Å². The number of para-hydroxylation sites is 1. The molecule has 2 aromatic carbocycles. The number of rotatable bonds is 9. The minimum Gasteiger partial charge on any atom is -0.497 e. The van der Waals surface area contributed by atoms with E-state index in [2.05, 4.69) is 10.3 Å². The lowest BCUT2D eigenvalue weighted by molar-refractivity contribution is -0.158. The number of carbonyl (C=O) groups is 2. The van der Waals surface area contributed by atoms with Crippen molar-refractivity contribution in [3.8, 4) is 17.2 Å². The Bertz CT molecular complexity index is 1160. The van der Waals surface area contributed by atoms with Crippen LogP contribution < -0.4 is 19.5 Å². The van der Waals surface area contributed by atoms with Gasteiger partial charge in [0, 0.05) is 19.3 Å². The molecule has 0 radical (unpaired) electrons. The summed E-state index contributed by atoms with van der Waals surface area (Å²) in [6.45, 7) is 0.803. The molecule has 36 heavy (non-hydrogen) atoms. The number of pyridine rings is 1. The summed E-state index contributed by atoms with van der Waals surface area (Å²) in [4.78, 5) is 32.9. The Morgan fingerprint density at radius 3 is 2.56 bits per heavy atom. The van der Waals surface area contributed by atoms with E-state index in [0.717, 1.165) is 18.4 Å². The molecular formula is C27H28IN3O5. The van der Waals surface area contributed by atoms with Gasteiger partial charge in [0.15, 0.2) is 5.75 Å². The van der Waals surface area contributed by atoms with Gasteiger partial charge in [-0.3, -0.25) is 9.59 Å². The van der Waals surface area contributed by atoms with E-state index in [1.165, 1.54) is 0 Å². The van der Waals surface area contributed by atoms with E-state index in [9.17, 15) is 9.59 Å². The Hall–Kier alpha value is -3.34. The van der Waals surface area contributed by atoms with Gasteiger partial charge in [-0.25, -0.2) is 4.98 Å². The number of halogens is 1. The number of aromatic nitrogens is 1. The van der Waals surface area contributed by atoms with Gasteiger partial charge in [-0.2, -0.15) is 0 Å². The van der Waals surface area contributed by atoms with E-state index in [4.69, 9.17) is 14.2 Å². The molecule has 3 aromatic rings. The lowest BCUT2D eigenvalue weighted by Gasteiger charge is -2.33. The highest BCUT2D eigenvalue weighted by atomic mass is 127. The summed E-state index contributed by atoms with van der Waals surface area (Å²) < 4.78 is 18.0. The fraction of sp³-hybridized carbons (Fsp3) is 0.296. The predicted octanol–water partition coefficient (Wildman–Crippen LogP) is 4.18. The lowest BCUT2D eigenvalue weighted by Crippen LogP contribution is -2.53. The van der Waals surface area contributed by atoms with Crippen molar-refractivity contribution in [2.45, 2.75) is 38.1 Å². The van der Waals surface area contributed by atoms with Gasteiger partial charge in [-0.1, -0.05) is 30.3 Å². The molecule has 1 fully saturated rings. The standard InChI is InChI=1S/C27H28IN3O5/c1-34-20-14-12-19(13-15-20)18-31(22-10-5-6-16-30-25(22)32)26(33)27(35-21-8-3-2-4-9-21)36-23-11-7-17-29-24(23)28/h2-4,7-9,11-15,17,22,27H,5-6,10,16,18H2,1H3,(H,30,32)/t22-,27?/m0/s1. The summed E-state index contributed by atoms with van der Waals surface area (Å²) in [6, 6.07) is 19.2. The molecule has 1 saturated heterocycles. The van der Waals surface area contributed by atoms with Crippen LogP contribution in [0.25, 0.3) is 0 Å². The van der Waals surface area contributed by atoms with Crippen molar-refractivity contribution < 1.29 is 23.8 Å². The third kappa shape index (κ3) is 6.66. The van der Waals surface area contributed by atoms with Crippen LogP contribution in [0.15, 0.2) is 72.9 Å². The van der Waals surface area contributed by atoms with Crippen molar-refractivity contribution in [3.63, 3.8) is 0 Å². The van der Waals surface area contributed by atoms with Gasteiger partial charge in [0.1, 0.15) is 21.2 Å². The van der Waals surface area contributed by atoms with Gasteiger partial charge in [0.05, 0.1) is 7.11 Å². The van der Waals surface area contributed by atoms with Crippen molar-refractivity contribution in [2.24, 2.45) is 0 Å². The number of carbonyl (C=O) groups excluding carboxylic acids is 2. The molecule has 1 aliphatic heterocycles. The van der Waals surface area contributed by atoms with E-state index >= 15 is 0 Å². The van der Waals surface area contributed by atoms with Crippen molar-refractivity contribution in [1.82, 2.24) is 15.2 Å². The number of hydrogen-bond donors (Lipinski definition) is 1. The van der Waals surface area contributed by atoms with E-state index in [0.29, 0.717) is 33.9 Å². The Morgan fingerprint density at radius 1 is 1.06 bits per heavy atom. The zero-order valence-corrected chi connectivity index (χ0v) is 22.1. The summed E-state index contributed by atoms with van der Waals surface area (Å²) in [7, 11) is 1.60. The molecule has 0 spiro atoms. The Kier molecular flexibility index (Phi) is 8.99. The molecule has 1 N–H and O–H groups in total. The highest BCUT2D eigenvalue weighted by Crippen LogP contribution is 2.24. The highest BCUT2D eigenvalue weighted by Gasteiger charge is 2.37. The smallest absolute Gasteiger partial charge is 0.321 e. The molecule has 188 valence electrons. The molecule has 4 rings (SSSR count). The average Bonchev–Trinajstić information content (AvgIpc) is 3.12. The molecule has 1 aliphatic rings. The predicted molar refractivity (Wildman–Crippen MR) is 143 cm³/mol. The zero-order chi connectivity index (χ0) is 25.3. The third-order valence-corrected chi connectivity index (χ3v) is 6.63. The van der Waals surface area contributed by atoms with Gasteiger partial charge in [-0.05, 0) is 83.8 Å². The van der Waals surface area contributed by atoms with Gasteiger partial charge in [0.2, 0.25) is 5.91 Å². The summed E-state index contributed by atoms with van der Waals surface area (Å²) in [5, 5.41) is 2.94. The first-order valence-electron chi connectivity index (χ1n) is 11.7. The SMILES string of the molecule is COc1ccc(CN(C(=O)C(Oc2ccccc2)Oc2cccnc2I)[C@H]2CCCCNC2=O)cc1. The van der Waals surface area contributed by atoms with Gasteiger partial charge < -0.3 is 24.4 Å². The van der Waals surface area contributed by atoms with E-state index < -0.39 is 18.2 Å². The molecule has 1 unspecified atom stereocenters. The number of ether oxygens (including phenoxy) is 3. The second kappa shape index (κ2) is 12.6. The maximum absolute atomic E-state index is 14.1. The van der Waals surface area contributed by atoms with Crippen molar-refractivity contribution in [1.29, 1.82) is 0 Å². The van der Waals surface area contributed by atoms with Crippen LogP contribution in [0.1, 0.15) is 24.8 Å². The third-order valence-electron chi connectivity index (χ3n) is 5.82. The summed E-state index contributed by atoms with van der Waals surface area (Å²) in [5.41, 5.74) is 0.857. The lowest BCUT2D eigenvalue weighted by atomic mass is 10.1.